The van der Waals surface area contributed by atoms with Crippen LogP contribution in [0.1, 0.15) is 48.5 Å². The SMILES string of the molecule is CCCCCCc1ccc(C(=O)Nc2cccc(-c3cnc(N)n3C(=O)O)c2)cc1. The minimum absolute atomic E-state index is 0.110. The van der Waals surface area contributed by atoms with Gasteiger partial charge in [-0.05, 0) is 42.7 Å². The third kappa shape index (κ3) is 5.05. The Kier molecular flexibility index (Phi) is 6.85. The average Bonchev–Trinajstić information content (AvgIpc) is 3.13. The van der Waals surface area contributed by atoms with Crippen molar-refractivity contribution in [2.75, 3.05) is 11.1 Å². The molecule has 1 amide bonds. The molecule has 0 aliphatic rings. The Bertz CT molecular complexity index is 1030. The van der Waals surface area contributed by atoms with E-state index in [2.05, 4.69) is 17.2 Å². The summed E-state index contributed by atoms with van der Waals surface area (Å²) >= 11 is 0. The maximum atomic E-state index is 12.6. The molecule has 0 radical (unpaired) electrons. The molecule has 3 rings (SSSR count). The second-order valence-electron chi connectivity index (χ2n) is 7.16. The van der Waals surface area contributed by atoms with Crippen molar-refractivity contribution in [1.29, 1.82) is 0 Å². The summed E-state index contributed by atoms with van der Waals surface area (Å²) in [5, 5.41) is 12.2. The number of aromatic nitrogens is 2. The number of carbonyl (C=O) groups is 2. The predicted molar refractivity (Wildman–Crippen MR) is 118 cm³/mol. The summed E-state index contributed by atoms with van der Waals surface area (Å²) in [6, 6.07) is 14.5. The van der Waals surface area contributed by atoms with E-state index >= 15 is 0 Å². The van der Waals surface area contributed by atoms with Gasteiger partial charge in [-0.3, -0.25) is 4.79 Å². The molecular formula is C23H26N4O3. The standard InChI is InChI=1S/C23H26N4O3/c1-2-3-4-5-7-16-10-12-17(13-11-16)21(28)26-19-9-6-8-18(14-19)20-15-25-22(24)27(20)23(29)30/h6,8-15H,2-5,7H2,1H3,(H2,24,25)(H,26,28)(H,29,30). The normalized spacial score (nSPS) is 10.7. The van der Waals surface area contributed by atoms with Gasteiger partial charge in [0.2, 0.25) is 5.95 Å². The number of nitrogen functional groups attached to an aromatic ring is 1. The third-order valence-corrected chi connectivity index (χ3v) is 4.93. The number of benzene rings is 2. The smallest absolute Gasteiger partial charge is 0.418 e. The molecule has 0 spiro atoms. The highest BCUT2D eigenvalue weighted by Gasteiger charge is 2.15. The van der Waals surface area contributed by atoms with Crippen molar-refractivity contribution in [1.82, 2.24) is 9.55 Å². The number of hydrogen-bond donors (Lipinski definition) is 3. The fourth-order valence-corrected chi connectivity index (χ4v) is 3.31. The minimum atomic E-state index is -1.22. The maximum Gasteiger partial charge on any atom is 0.418 e. The van der Waals surface area contributed by atoms with Crippen LogP contribution in [0.15, 0.2) is 54.7 Å². The highest BCUT2D eigenvalue weighted by atomic mass is 16.4. The molecule has 0 aliphatic carbocycles. The van der Waals surface area contributed by atoms with Crippen molar-refractivity contribution < 1.29 is 14.7 Å². The molecule has 2 aromatic carbocycles. The number of nitrogens with two attached hydrogens (primary N) is 1. The maximum absolute atomic E-state index is 12.6. The second-order valence-corrected chi connectivity index (χ2v) is 7.16. The molecule has 30 heavy (non-hydrogen) atoms. The van der Waals surface area contributed by atoms with Crippen LogP contribution in [0.5, 0.6) is 0 Å². The summed E-state index contributed by atoms with van der Waals surface area (Å²) in [4.78, 5) is 27.9. The number of nitrogens with zero attached hydrogens (tertiary/aromatic N) is 2. The van der Waals surface area contributed by atoms with Crippen molar-refractivity contribution >= 4 is 23.6 Å². The van der Waals surface area contributed by atoms with E-state index in [9.17, 15) is 14.7 Å². The van der Waals surface area contributed by atoms with Gasteiger partial charge in [-0.25, -0.2) is 14.3 Å². The number of imidazole rings is 1. The van der Waals surface area contributed by atoms with E-state index < -0.39 is 6.09 Å². The molecule has 0 fully saturated rings. The van der Waals surface area contributed by atoms with E-state index in [0.29, 0.717) is 22.5 Å². The number of amides is 1. The van der Waals surface area contributed by atoms with Crippen molar-refractivity contribution in [3.63, 3.8) is 0 Å². The fraction of sp³-hybridized carbons (Fsp3) is 0.261. The second kappa shape index (κ2) is 9.73. The number of unbranched alkanes of at least 4 members (excludes halogenated alkanes) is 3. The van der Waals surface area contributed by atoms with Crippen molar-refractivity contribution in [3.8, 4) is 11.3 Å². The van der Waals surface area contributed by atoms with Crippen LogP contribution >= 0.6 is 0 Å². The number of carbonyl (C=O) groups excluding carboxylic acids is 1. The van der Waals surface area contributed by atoms with Crippen LogP contribution in [0.25, 0.3) is 11.3 Å². The zero-order valence-corrected chi connectivity index (χ0v) is 17.0. The first kappa shape index (κ1) is 21.1. The largest absolute Gasteiger partial charge is 0.464 e. The highest BCUT2D eigenvalue weighted by molar-refractivity contribution is 6.04. The van der Waals surface area contributed by atoms with Crippen LogP contribution in [-0.2, 0) is 6.42 Å². The quantitative estimate of drug-likeness (QED) is 0.454. The van der Waals surface area contributed by atoms with Crippen molar-refractivity contribution in [3.05, 3.63) is 65.9 Å². The topological polar surface area (TPSA) is 110 Å². The van der Waals surface area contributed by atoms with Gasteiger partial charge in [0.25, 0.3) is 5.91 Å². The van der Waals surface area contributed by atoms with Gasteiger partial charge in [0.1, 0.15) is 0 Å². The summed E-state index contributed by atoms with van der Waals surface area (Å²) in [5.74, 6) is -0.335. The minimum Gasteiger partial charge on any atom is -0.464 e. The average molecular weight is 406 g/mol. The Morgan fingerprint density at radius 3 is 2.57 bits per heavy atom. The molecule has 156 valence electrons. The van der Waals surface area contributed by atoms with Crippen LogP contribution in [0.2, 0.25) is 0 Å². The molecule has 3 aromatic rings. The first-order valence-electron chi connectivity index (χ1n) is 10.1. The van der Waals surface area contributed by atoms with Crippen molar-refractivity contribution in [2.24, 2.45) is 0 Å². The number of aryl methyl sites for hydroxylation is 1. The zero-order chi connectivity index (χ0) is 21.5. The van der Waals surface area contributed by atoms with E-state index in [0.717, 1.165) is 17.4 Å². The highest BCUT2D eigenvalue weighted by Crippen LogP contribution is 2.25. The number of carboxylic acid groups (broad SMARTS) is 1. The first-order chi connectivity index (χ1) is 14.5. The number of anilines is 2. The van der Waals surface area contributed by atoms with Crippen LogP contribution in [0.3, 0.4) is 0 Å². The molecular weight excluding hydrogens is 380 g/mol. The molecule has 7 heteroatoms. The lowest BCUT2D eigenvalue weighted by molar-refractivity contribution is 0.102. The van der Waals surface area contributed by atoms with Gasteiger partial charge in [0, 0.05) is 16.8 Å². The predicted octanol–water partition coefficient (Wildman–Crippen LogP) is 5.03. The Labute approximate surface area is 175 Å². The van der Waals surface area contributed by atoms with E-state index in [-0.39, 0.29) is 11.9 Å². The van der Waals surface area contributed by atoms with Gasteiger partial charge < -0.3 is 16.2 Å². The Hall–Kier alpha value is -3.61. The van der Waals surface area contributed by atoms with Gasteiger partial charge >= 0.3 is 6.09 Å². The Balaban J connectivity index is 1.69. The van der Waals surface area contributed by atoms with Crippen LogP contribution in [0, 0.1) is 0 Å². The first-order valence-corrected chi connectivity index (χ1v) is 10.1. The van der Waals surface area contributed by atoms with Crippen molar-refractivity contribution in [2.45, 2.75) is 39.0 Å². The lowest BCUT2D eigenvalue weighted by atomic mass is 10.0. The summed E-state index contributed by atoms with van der Waals surface area (Å²) in [6.45, 7) is 2.19. The number of hydrogen-bond acceptors (Lipinski definition) is 4. The molecule has 0 bridgehead atoms. The lowest BCUT2D eigenvalue weighted by Gasteiger charge is -2.09. The van der Waals surface area contributed by atoms with Gasteiger partial charge in [0.05, 0.1) is 11.9 Å². The molecule has 0 atom stereocenters. The molecule has 1 heterocycles. The van der Waals surface area contributed by atoms with Crippen LogP contribution in [-0.4, -0.2) is 26.7 Å². The summed E-state index contributed by atoms with van der Waals surface area (Å²) in [6.07, 6.45) is 6.04. The van der Waals surface area contributed by atoms with Crippen LogP contribution in [0.4, 0.5) is 16.4 Å². The molecule has 7 nitrogen and oxygen atoms in total. The Morgan fingerprint density at radius 1 is 1.10 bits per heavy atom. The van der Waals surface area contributed by atoms with E-state index in [1.54, 1.807) is 24.3 Å². The zero-order valence-electron chi connectivity index (χ0n) is 17.0. The summed E-state index contributed by atoms with van der Waals surface area (Å²) < 4.78 is 0.903. The fourth-order valence-electron chi connectivity index (χ4n) is 3.31. The van der Waals surface area contributed by atoms with E-state index in [1.807, 2.05) is 24.3 Å². The molecule has 0 saturated carbocycles. The monoisotopic (exact) mass is 406 g/mol. The summed E-state index contributed by atoms with van der Waals surface area (Å²) in [7, 11) is 0. The van der Waals surface area contributed by atoms with Crippen LogP contribution < -0.4 is 11.1 Å². The van der Waals surface area contributed by atoms with Gasteiger partial charge in [0.15, 0.2) is 0 Å². The molecule has 4 N–H and O–H groups in total. The third-order valence-electron chi connectivity index (χ3n) is 4.93. The number of rotatable bonds is 8. The number of nitrogens with one attached hydrogen (secondary N) is 1. The Morgan fingerprint density at radius 2 is 1.87 bits per heavy atom. The summed E-state index contributed by atoms with van der Waals surface area (Å²) in [5.41, 5.74) is 8.90. The molecule has 0 saturated heterocycles. The molecule has 0 unspecified atom stereocenters. The van der Waals surface area contributed by atoms with Gasteiger partial charge in [-0.1, -0.05) is 50.5 Å². The molecule has 1 aromatic heterocycles. The van der Waals surface area contributed by atoms with Gasteiger partial charge in [-0.15, -0.1) is 0 Å². The van der Waals surface area contributed by atoms with E-state index in [1.165, 1.54) is 31.0 Å². The molecule has 0 aliphatic heterocycles. The van der Waals surface area contributed by atoms with E-state index in [4.69, 9.17) is 5.73 Å². The van der Waals surface area contributed by atoms with Gasteiger partial charge in [-0.2, -0.15) is 0 Å². The lowest BCUT2D eigenvalue weighted by Crippen LogP contribution is -2.13.